The Morgan fingerprint density at radius 2 is 1.86 bits per heavy atom. The van der Waals surface area contributed by atoms with Crippen molar-refractivity contribution < 1.29 is 23.8 Å². The molecule has 0 aliphatic carbocycles. The van der Waals surface area contributed by atoms with Crippen LogP contribution >= 0.6 is 0 Å². The van der Waals surface area contributed by atoms with Crippen LogP contribution in [0.1, 0.15) is 18.4 Å². The Bertz CT molecular complexity index is 1150. The van der Waals surface area contributed by atoms with E-state index < -0.39 is 21.6 Å². The van der Waals surface area contributed by atoms with Crippen molar-refractivity contribution in [3.05, 3.63) is 78.8 Å². The molecule has 2 aromatic carbocycles. The Morgan fingerprint density at radius 3 is 2.59 bits per heavy atom. The van der Waals surface area contributed by atoms with Crippen LogP contribution in [0.25, 0.3) is 11.1 Å². The van der Waals surface area contributed by atoms with E-state index in [0.29, 0.717) is 5.52 Å². The highest BCUT2D eigenvalue weighted by molar-refractivity contribution is 5.75. The zero-order valence-electron chi connectivity index (χ0n) is 15.0. The van der Waals surface area contributed by atoms with Crippen molar-refractivity contribution in [2.24, 2.45) is 0 Å². The summed E-state index contributed by atoms with van der Waals surface area (Å²) in [4.78, 5) is 44.5. The van der Waals surface area contributed by atoms with E-state index in [0.717, 1.165) is 6.07 Å². The van der Waals surface area contributed by atoms with Crippen molar-refractivity contribution in [2.75, 3.05) is 0 Å². The summed E-state index contributed by atoms with van der Waals surface area (Å²) in [6.07, 6.45) is 0.230. The molecule has 0 saturated heterocycles. The summed E-state index contributed by atoms with van der Waals surface area (Å²) >= 11 is 0. The molecule has 11 nitrogen and oxygen atoms in total. The Morgan fingerprint density at radius 1 is 1.10 bits per heavy atom. The van der Waals surface area contributed by atoms with Gasteiger partial charge in [0, 0.05) is 25.1 Å². The maximum absolute atomic E-state index is 12.0. The number of hydrogen-bond acceptors (Lipinski definition) is 8. The molecule has 3 rings (SSSR count). The number of aromatic nitrogens is 1. The zero-order chi connectivity index (χ0) is 21.0. The molecule has 0 unspecified atom stereocenters. The second-order valence-corrected chi connectivity index (χ2v) is 6.08. The van der Waals surface area contributed by atoms with Gasteiger partial charge in [-0.25, -0.2) is 4.79 Å². The molecule has 0 atom stereocenters. The number of nitro groups is 2. The van der Waals surface area contributed by atoms with Crippen molar-refractivity contribution in [1.29, 1.82) is 0 Å². The van der Waals surface area contributed by atoms with Gasteiger partial charge in [-0.1, -0.05) is 12.1 Å². The van der Waals surface area contributed by atoms with Crippen molar-refractivity contribution in [3.8, 4) is 0 Å². The summed E-state index contributed by atoms with van der Waals surface area (Å²) in [6.45, 7) is -0.0848. The van der Waals surface area contributed by atoms with E-state index in [1.807, 2.05) is 0 Å². The van der Waals surface area contributed by atoms with Gasteiger partial charge in [0.1, 0.15) is 6.61 Å². The minimum Gasteiger partial charge on any atom is -0.461 e. The highest BCUT2D eigenvalue weighted by Gasteiger charge is 2.16. The second kappa shape index (κ2) is 8.33. The van der Waals surface area contributed by atoms with Crippen LogP contribution in [0, 0.1) is 20.2 Å². The second-order valence-electron chi connectivity index (χ2n) is 6.08. The molecule has 0 N–H and O–H groups in total. The normalized spacial score (nSPS) is 10.8. The van der Waals surface area contributed by atoms with Crippen LogP contribution < -0.4 is 5.76 Å². The van der Waals surface area contributed by atoms with Gasteiger partial charge in [0.05, 0.1) is 27.0 Å². The molecular formula is C18H15N3O8. The van der Waals surface area contributed by atoms with Gasteiger partial charge in [0.15, 0.2) is 5.58 Å². The molecule has 29 heavy (non-hydrogen) atoms. The standard InChI is InChI=1S/C18H15N3O8/c22-17(28-11-12-4-1-2-5-14(12)21(26)27)6-3-9-19-15-8-7-13(20(24)25)10-16(15)29-18(19)23/h1-2,4-5,7-8,10H,3,6,9,11H2. The predicted octanol–water partition coefficient (Wildman–Crippen LogP) is 2.93. The Hall–Kier alpha value is -4.02. The molecule has 1 aromatic heterocycles. The number of oxazole rings is 1. The fourth-order valence-electron chi connectivity index (χ4n) is 2.80. The molecule has 0 aliphatic rings. The summed E-state index contributed by atoms with van der Waals surface area (Å²) in [5.41, 5.74) is 0.421. The lowest BCUT2D eigenvalue weighted by molar-refractivity contribution is -0.385. The van der Waals surface area contributed by atoms with Gasteiger partial charge in [-0.05, 0) is 18.6 Å². The number of nitro benzene ring substituents is 2. The summed E-state index contributed by atoms with van der Waals surface area (Å²) in [7, 11) is 0. The number of esters is 1. The summed E-state index contributed by atoms with van der Waals surface area (Å²) in [5, 5.41) is 21.7. The first-order valence-electron chi connectivity index (χ1n) is 8.52. The Labute approximate surface area is 162 Å². The fourth-order valence-corrected chi connectivity index (χ4v) is 2.80. The molecule has 3 aromatic rings. The van der Waals surface area contributed by atoms with Crippen LogP contribution in [-0.2, 0) is 22.7 Å². The first-order valence-corrected chi connectivity index (χ1v) is 8.52. The third-order valence-corrected chi connectivity index (χ3v) is 4.20. The molecule has 0 fully saturated rings. The topological polar surface area (TPSA) is 148 Å². The monoisotopic (exact) mass is 401 g/mol. The average molecular weight is 401 g/mol. The minimum atomic E-state index is -0.686. The molecule has 1 heterocycles. The van der Waals surface area contributed by atoms with Gasteiger partial charge in [0.2, 0.25) is 0 Å². The van der Waals surface area contributed by atoms with Crippen LogP contribution in [-0.4, -0.2) is 20.4 Å². The molecule has 0 saturated carbocycles. The number of para-hydroxylation sites is 1. The number of carbonyl (C=O) groups excluding carboxylic acids is 1. The number of non-ortho nitro benzene ring substituents is 1. The number of carbonyl (C=O) groups is 1. The lowest BCUT2D eigenvalue weighted by Crippen LogP contribution is -2.15. The largest absolute Gasteiger partial charge is 0.461 e. The zero-order valence-corrected chi connectivity index (χ0v) is 15.0. The molecule has 0 amide bonds. The van der Waals surface area contributed by atoms with Crippen LogP contribution in [0.4, 0.5) is 11.4 Å². The number of ether oxygens (including phenoxy) is 1. The van der Waals surface area contributed by atoms with Crippen LogP contribution in [0.2, 0.25) is 0 Å². The van der Waals surface area contributed by atoms with E-state index >= 15 is 0 Å². The lowest BCUT2D eigenvalue weighted by atomic mass is 10.2. The SMILES string of the molecule is O=C(CCCn1c(=O)oc2cc([N+](=O)[O-])ccc21)OCc1ccccc1[N+](=O)[O-]. The van der Waals surface area contributed by atoms with Gasteiger partial charge in [-0.2, -0.15) is 0 Å². The maximum atomic E-state index is 12.0. The molecule has 11 heteroatoms. The van der Waals surface area contributed by atoms with Gasteiger partial charge in [0.25, 0.3) is 11.4 Å². The van der Waals surface area contributed by atoms with E-state index in [2.05, 4.69) is 0 Å². The van der Waals surface area contributed by atoms with E-state index in [4.69, 9.17) is 9.15 Å². The number of benzene rings is 2. The van der Waals surface area contributed by atoms with Gasteiger partial charge < -0.3 is 9.15 Å². The van der Waals surface area contributed by atoms with E-state index in [9.17, 15) is 29.8 Å². The Balaban J connectivity index is 1.58. The summed E-state index contributed by atoms with van der Waals surface area (Å²) < 4.78 is 11.4. The van der Waals surface area contributed by atoms with Gasteiger partial charge in [-0.15, -0.1) is 0 Å². The molecule has 150 valence electrons. The number of fused-ring (bicyclic) bond motifs is 1. The molecule has 0 bridgehead atoms. The molecule has 0 spiro atoms. The first-order chi connectivity index (χ1) is 13.9. The fraction of sp³-hybridized carbons (Fsp3) is 0.222. The highest BCUT2D eigenvalue weighted by Crippen LogP contribution is 2.21. The average Bonchev–Trinajstić information content (AvgIpc) is 3.01. The van der Waals surface area contributed by atoms with Crippen LogP contribution in [0.5, 0.6) is 0 Å². The number of hydrogen-bond donors (Lipinski definition) is 0. The van der Waals surface area contributed by atoms with Gasteiger partial charge >= 0.3 is 11.7 Å². The van der Waals surface area contributed by atoms with Crippen LogP contribution in [0.3, 0.4) is 0 Å². The number of rotatable bonds is 8. The minimum absolute atomic E-state index is 0.0211. The lowest BCUT2D eigenvalue weighted by Gasteiger charge is -2.06. The molecule has 0 radical (unpaired) electrons. The van der Waals surface area contributed by atoms with Crippen molar-refractivity contribution in [3.63, 3.8) is 0 Å². The Kier molecular flexibility index (Phi) is 5.67. The number of nitrogens with zero attached hydrogens (tertiary/aromatic N) is 3. The highest BCUT2D eigenvalue weighted by atomic mass is 16.6. The van der Waals surface area contributed by atoms with Crippen molar-refractivity contribution in [1.82, 2.24) is 4.57 Å². The first kappa shape index (κ1) is 19.7. The van der Waals surface area contributed by atoms with Crippen molar-refractivity contribution >= 4 is 28.4 Å². The third kappa shape index (κ3) is 4.46. The molecule has 0 aliphatic heterocycles. The van der Waals surface area contributed by atoms with E-state index in [1.54, 1.807) is 6.07 Å². The van der Waals surface area contributed by atoms with E-state index in [-0.39, 0.29) is 48.5 Å². The summed E-state index contributed by atoms with van der Waals surface area (Å²) in [6, 6.07) is 9.78. The van der Waals surface area contributed by atoms with Crippen molar-refractivity contribution in [2.45, 2.75) is 26.0 Å². The van der Waals surface area contributed by atoms with Crippen LogP contribution in [0.15, 0.2) is 51.7 Å². The predicted molar refractivity (Wildman–Crippen MR) is 99.3 cm³/mol. The third-order valence-electron chi connectivity index (χ3n) is 4.20. The smallest absolute Gasteiger partial charge is 0.419 e. The molecular weight excluding hydrogens is 386 g/mol. The number of aryl methyl sites for hydroxylation is 1. The van der Waals surface area contributed by atoms with Gasteiger partial charge in [-0.3, -0.25) is 29.6 Å². The van der Waals surface area contributed by atoms with E-state index in [1.165, 1.54) is 34.9 Å². The maximum Gasteiger partial charge on any atom is 0.419 e. The summed E-state index contributed by atoms with van der Waals surface area (Å²) in [5.74, 6) is -1.26. The quantitative estimate of drug-likeness (QED) is 0.318.